The fraction of sp³-hybridized carbons (Fsp3) is 0.214. The molecule has 0 amide bonds. The standard InChI is InChI=1S/C14H12BFIN3O4/c1-19-7-12(21)23-15(24-13(22)8-19)14-11(17)6-20(18-14)10-4-2-9(16)3-5-10/h2-6H,7-8H2,1H3. The molecule has 1 aromatic carbocycles. The number of nitrogens with zero attached hydrogens (tertiary/aromatic N) is 3. The van der Waals surface area contributed by atoms with E-state index in [0.29, 0.717) is 14.9 Å². The molecule has 1 aliphatic rings. The molecule has 0 spiro atoms. The molecule has 0 unspecified atom stereocenters. The smallest absolute Gasteiger partial charge is 0.493 e. The lowest BCUT2D eigenvalue weighted by molar-refractivity contribution is -0.145. The average molecular weight is 443 g/mol. The molecule has 0 aliphatic carbocycles. The summed E-state index contributed by atoms with van der Waals surface area (Å²) in [5.74, 6) is -1.38. The molecule has 7 nitrogen and oxygen atoms in total. The molecule has 0 saturated carbocycles. The number of likely N-dealkylation sites (N-methyl/N-ethyl adjacent to an activating group) is 1. The summed E-state index contributed by atoms with van der Waals surface area (Å²) in [6, 6.07) is 5.76. The zero-order valence-electron chi connectivity index (χ0n) is 12.6. The van der Waals surface area contributed by atoms with Crippen LogP contribution in [0.3, 0.4) is 0 Å². The average Bonchev–Trinajstić information content (AvgIpc) is 2.87. The van der Waals surface area contributed by atoms with Gasteiger partial charge in [0.25, 0.3) is 0 Å². The first-order valence-electron chi connectivity index (χ1n) is 7.01. The van der Waals surface area contributed by atoms with Crippen molar-refractivity contribution in [3.05, 3.63) is 39.8 Å². The van der Waals surface area contributed by atoms with Gasteiger partial charge < -0.3 is 9.31 Å². The Bertz CT molecular complexity index is 763. The third-order valence-corrected chi connectivity index (χ3v) is 4.12. The van der Waals surface area contributed by atoms with E-state index in [0.717, 1.165) is 0 Å². The van der Waals surface area contributed by atoms with Crippen LogP contribution < -0.4 is 5.59 Å². The number of carbonyl (C=O) groups is 2. The van der Waals surface area contributed by atoms with E-state index in [1.807, 2.05) is 22.6 Å². The van der Waals surface area contributed by atoms with Crippen LogP contribution in [0.5, 0.6) is 0 Å². The van der Waals surface area contributed by atoms with Crippen LogP contribution in [-0.2, 0) is 18.9 Å². The second kappa shape index (κ2) is 6.89. The van der Waals surface area contributed by atoms with Crippen molar-refractivity contribution in [1.82, 2.24) is 14.7 Å². The van der Waals surface area contributed by atoms with Crippen LogP contribution in [0.4, 0.5) is 4.39 Å². The Morgan fingerprint density at radius 3 is 2.33 bits per heavy atom. The molecular weight excluding hydrogens is 431 g/mol. The SMILES string of the molecule is CN1CC(=O)OB(c2nn(-c3ccc(F)cc3)cc2I)OC(=O)C1. The molecule has 0 N–H and O–H groups in total. The lowest BCUT2D eigenvalue weighted by Crippen LogP contribution is -2.49. The maximum Gasteiger partial charge on any atom is 0.659 e. The van der Waals surface area contributed by atoms with Crippen LogP contribution in [0, 0.1) is 9.39 Å². The molecular formula is C14H12BFIN3O4. The summed E-state index contributed by atoms with van der Waals surface area (Å²) in [4.78, 5) is 25.2. The van der Waals surface area contributed by atoms with Crippen LogP contribution >= 0.6 is 22.6 Å². The van der Waals surface area contributed by atoms with Gasteiger partial charge in [0.15, 0.2) is 0 Å². The Hall–Kier alpha value is -1.95. The molecule has 0 bridgehead atoms. The van der Waals surface area contributed by atoms with Gasteiger partial charge in [-0.2, -0.15) is 5.10 Å². The van der Waals surface area contributed by atoms with Gasteiger partial charge in [-0.3, -0.25) is 14.5 Å². The first-order chi connectivity index (χ1) is 11.4. The number of hydrogen-bond acceptors (Lipinski definition) is 6. The molecule has 1 saturated heterocycles. The summed E-state index contributed by atoms with van der Waals surface area (Å²) in [6.07, 6.45) is 1.68. The monoisotopic (exact) mass is 443 g/mol. The Kier molecular flexibility index (Phi) is 4.85. The fourth-order valence-corrected chi connectivity index (χ4v) is 2.82. The Morgan fingerprint density at radius 1 is 1.17 bits per heavy atom. The molecule has 0 radical (unpaired) electrons. The van der Waals surface area contributed by atoms with Gasteiger partial charge in [-0.15, -0.1) is 0 Å². The normalized spacial score (nSPS) is 16.4. The highest BCUT2D eigenvalue weighted by Crippen LogP contribution is 2.12. The Labute approximate surface area is 151 Å². The molecule has 124 valence electrons. The fourth-order valence-electron chi connectivity index (χ4n) is 2.20. The van der Waals surface area contributed by atoms with Crippen molar-refractivity contribution in [2.45, 2.75) is 0 Å². The van der Waals surface area contributed by atoms with Crippen molar-refractivity contribution in [3.8, 4) is 5.69 Å². The minimum absolute atomic E-state index is 0.0130. The lowest BCUT2D eigenvalue weighted by Gasteiger charge is -2.21. The molecule has 24 heavy (non-hydrogen) atoms. The topological polar surface area (TPSA) is 73.7 Å². The summed E-state index contributed by atoms with van der Waals surface area (Å²) in [5.41, 5.74) is 0.940. The van der Waals surface area contributed by atoms with Gasteiger partial charge in [-0.1, -0.05) is 0 Å². The number of hydrogen-bond donors (Lipinski definition) is 0. The van der Waals surface area contributed by atoms with E-state index in [9.17, 15) is 14.0 Å². The van der Waals surface area contributed by atoms with E-state index in [2.05, 4.69) is 5.10 Å². The summed E-state index contributed by atoms with van der Waals surface area (Å²) in [6.45, 7) is -0.0261. The maximum absolute atomic E-state index is 13.0. The largest absolute Gasteiger partial charge is 0.659 e. The molecule has 0 atom stereocenters. The Morgan fingerprint density at radius 2 is 1.75 bits per heavy atom. The molecule has 1 fully saturated rings. The maximum atomic E-state index is 13.0. The van der Waals surface area contributed by atoms with Crippen molar-refractivity contribution < 1.29 is 23.3 Å². The minimum Gasteiger partial charge on any atom is -0.493 e. The van der Waals surface area contributed by atoms with Gasteiger partial charge in [0.05, 0.1) is 22.3 Å². The van der Waals surface area contributed by atoms with Crippen LogP contribution in [0.1, 0.15) is 0 Å². The van der Waals surface area contributed by atoms with Gasteiger partial charge in [0.2, 0.25) is 0 Å². The highest BCUT2D eigenvalue weighted by molar-refractivity contribution is 14.1. The summed E-state index contributed by atoms with van der Waals surface area (Å²) in [5, 5.41) is 4.31. The van der Waals surface area contributed by atoms with Crippen molar-refractivity contribution in [2.24, 2.45) is 0 Å². The van der Waals surface area contributed by atoms with Gasteiger partial charge in [0, 0.05) is 6.20 Å². The van der Waals surface area contributed by atoms with E-state index in [1.54, 1.807) is 25.4 Å². The molecule has 2 heterocycles. The highest BCUT2D eigenvalue weighted by Gasteiger charge is 2.38. The lowest BCUT2D eigenvalue weighted by atomic mass is 9.84. The molecule has 1 aromatic heterocycles. The van der Waals surface area contributed by atoms with Gasteiger partial charge in [-0.25, -0.2) is 9.07 Å². The van der Waals surface area contributed by atoms with Crippen molar-refractivity contribution in [2.75, 3.05) is 20.1 Å². The quantitative estimate of drug-likeness (QED) is 0.493. The third-order valence-electron chi connectivity index (χ3n) is 3.29. The first kappa shape index (κ1) is 16.9. The Balaban J connectivity index is 1.89. The van der Waals surface area contributed by atoms with Gasteiger partial charge in [-0.05, 0) is 53.9 Å². The summed E-state index contributed by atoms with van der Waals surface area (Å²) in [7, 11) is 0.419. The minimum atomic E-state index is -1.20. The van der Waals surface area contributed by atoms with E-state index in [4.69, 9.17) is 9.31 Å². The predicted molar refractivity (Wildman–Crippen MR) is 91.3 cm³/mol. The predicted octanol–water partition coefficient (Wildman–Crippen LogP) is 0.343. The third kappa shape index (κ3) is 3.75. The summed E-state index contributed by atoms with van der Waals surface area (Å²) >= 11 is 2.01. The number of carbonyl (C=O) groups excluding carboxylic acids is 2. The van der Waals surface area contributed by atoms with Crippen LogP contribution in [0.25, 0.3) is 5.69 Å². The zero-order chi connectivity index (χ0) is 17.3. The van der Waals surface area contributed by atoms with Crippen LogP contribution in [0.15, 0.2) is 30.5 Å². The number of rotatable bonds is 2. The van der Waals surface area contributed by atoms with Gasteiger partial charge in [0.1, 0.15) is 11.4 Å². The molecule has 2 aromatic rings. The zero-order valence-corrected chi connectivity index (χ0v) is 14.8. The number of aromatic nitrogens is 2. The second-order valence-corrected chi connectivity index (χ2v) is 6.43. The second-order valence-electron chi connectivity index (χ2n) is 5.27. The number of benzene rings is 1. The molecule has 1 aliphatic heterocycles. The molecule has 10 heteroatoms. The van der Waals surface area contributed by atoms with Gasteiger partial charge >= 0.3 is 19.1 Å². The van der Waals surface area contributed by atoms with E-state index < -0.39 is 19.1 Å². The first-order valence-corrected chi connectivity index (χ1v) is 8.09. The van der Waals surface area contributed by atoms with Crippen molar-refractivity contribution >= 4 is 47.2 Å². The van der Waals surface area contributed by atoms with Crippen molar-refractivity contribution in [1.29, 1.82) is 0 Å². The van der Waals surface area contributed by atoms with Crippen LogP contribution in [0.2, 0.25) is 0 Å². The van der Waals surface area contributed by atoms with E-state index in [-0.39, 0.29) is 18.9 Å². The highest BCUT2D eigenvalue weighted by atomic mass is 127. The van der Waals surface area contributed by atoms with E-state index >= 15 is 0 Å². The van der Waals surface area contributed by atoms with E-state index in [1.165, 1.54) is 21.7 Å². The molecule has 3 rings (SSSR count). The van der Waals surface area contributed by atoms with Crippen molar-refractivity contribution in [3.63, 3.8) is 0 Å². The summed E-state index contributed by atoms with van der Waals surface area (Å²) < 4.78 is 25.6. The number of halogens is 2. The van der Waals surface area contributed by atoms with Crippen LogP contribution in [-0.4, -0.2) is 53.9 Å².